The van der Waals surface area contributed by atoms with Gasteiger partial charge in [-0.25, -0.2) is 0 Å². The molecule has 0 bridgehead atoms. The third-order valence-corrected chi connectivity index (χ3v) is 5.06. The predicted octanol–water partition coefficient (Wildman–Crippen LogP) is 3.78. The van der Waals surface area contributed by atoms with Crippen molar-refractivity contribution in [3.63, 3.8) is 0 Å². The van der Waals surface area contributed by atoms with Crippen LogP contribution in [0.3, 0.4) is 0 Å². The topological polar surface area (TPSA) is 157 Å². The third-order valence-electron chi connectivity index (χ3n) is 5.06. The molecule has 0 atom stereocenters. The molecule has 0 saturated heterocycles. The Kier molecular flexibility index (Phi) is 9.69. The largest absolute Gasteiger partial charge is 2.00 e. The molecule has 189 valence electrons. The summed E-state index contributed by atoms with van der Waals surface area (Å²) in [5, 5.41) is 47.9. The predicted molar refractivity (Wildman–Crippen MR) is 127 cm³/mol. The molecule has 0 spiro atoms. The van der Waals surface area contributed by atoms with Crippen LogP contribution in [0.5, 0.6) is 11.5 Å². The van der Waals surface area contributed by atoms with E-state index in [2.05, 4.69) is 9.98 Å². The van der Waals surface area contributed by atoms with Gasteiger partial charge in [-0.2, -0.15) is 0 Å². The zero-order valence-corrected chi connectivity index (χ0v) is 21.5. The third kappa shape index (κ3) is 7.59. The average Bonchev–Trinajstić information content (AvgIpc) is 2.70. The van der Waals surface area contributed by atoms with Crippen LogP contribution in [0.4, 0.5) is 11.4 Å². The molecule has 2 aromatic rings. The molecule has 0 fully saturated rings. The fourth-order valence-electron chi connectivity index (χ4n) is 3.23. The molecule has 2 aromatic carbocycles. The van der Waals surface area contributed by atoms with Crippen LogP contribution in [0.15, 0.2) is 34.3 Å². The van der Waals surface area contributed by atoms with Gasteiger partial charge in [0.1, 0.15) is 0 Å². The summed E-state index contributed by atoms with van der Waals surface area (Å²) in [5.41, 5.74) is -0.655. The van der Waals surface area contributed by atoms with Gasteiger partial charge in [0.15, 0.2) is 0 Å². The minimum absolute atomic E-state index is 0. The van der Waals surface area contributed by atoms with Crippen molar-refractivity contribution in [2.45, 2.75) is 52.4 Å². The zero-order chi connectivity index (χ0) is 25.8. The molecule has 0 unspecified atom stereocenters. The Morgan fingerprint density at radius 1 is 0.714 bits per heavy atom. The summed E-state index contributed by atoms with van der Waals surface area (Å²) in [6.07, 6.45) is 2.56. The van der Waals surface area contributed by atoms with Crippen LogP contribution in [0.1, 0.15) is 63.8 Å². The first-order chi connectivity index (χ1) is 15.6. The van der Waals surface area contributed by atoms with Gasteiger partial charge < -0.3 is 10.2 Å². The van der Waals surface area contributed by atoms with Crippen LogP contribution >= 0.6 is 0 Å². The molecule has 11 heteroatoms. The molecule has 0 heterocycles. The van der Waals surface area contributed by atoms with E-state index in [1.165, 1.54) is 36.7 Å². The number of nitro benzene ring substituents is 2. The van der Waals surface area contributed by atoms with Gasteiger partial charge >= 0.3 is 16.8 Å². The fourth-order valence-corrected chi connectivity index (χ4v) is 3.23. The quantitative estimate of drug-likeness (QED) is 0.231. The number of hydrogen-bond acceptors (Lipinski definition) is 8. The second-order valence-electron chi connectivity index (χ2n) is 9.91. The summed E-state index contributed by atoms with van der Waals surface area (Å²) in [4.78, 5) is 29.7. The number of nitrogens with zero attached hydrogens (tertiary/aromatic N) is 4. The molecule has 2 rings (SSSR count). The number of benzene rings is 2. The Morgan fingerprint density at radius 3 is 1.29 bits per heavy atom. The van der Waals surface area contributed by atoms with Gasteiger partial charge in [0.25, 0.3) is 11.4 Å². The van der Waals surface area contributed by atoms with Crippen molar-refractivity contribution in [2.24, 2.45) is 9.98 Å². The van der Waals surface area contributed by atoms with Crippen molar-refractivity contribution in [1.82, 2.24) is 0 Å². The average molecular weight is 527 g/mol. The Morgan fingerprint density at radius 2 is 1.03 bits per heavy atom. The first-order valence-electron chi connectivity index (χ1n) is 10.6. The molecule has 0 aliphatic heterocycles. The van der Waals surface area contributed by atoms with E-state index in [0.29, 0.717) is 11.1 Å². The molecule has 0 saturated carbocycles. The standard InChI is InChI=1S/C24H30N4O6.Co/c1-23(2,3)19-11-17(27(31)32)9-15(21(19)29)13-25-7-8-26-14-16-10-18(28(33)34)12-20(22(16)30)24(4,5)6;/h9-14,29-30H,7-8H2,1-6H3;/q;+2/p-2. The van der Waals surface area contributed by atoms with Gasteiger partial charge in [0.05, 0.1) is 22.9 Å². The molecule has 0 aromatic heterocycles. The minimum atomic E-state index is -0.573. The molecular weight excluding hydrogens is 499 g/mol. The maximum Gasteiger partial charge on any atom is 2.00 e. The zero-order valence-electron chi connectivity index (χ0n) is 20.4. The molecule has 1 radical (unpaired) electrons. The van der Waals surface area contributed by atoms with Crippen molar-refractivity contribution in [2.75, 3.05) is 13.1 Å². The minimum Gasteiger partial charge on any atom is -0.872 e. The summed E-state index contributed by atoms with van der Waals surface area (Å²) in [5.74, 6) is -0.652. The van der Waals surface area contributed by atoms with Crippen molar-refractivity contribution < 1.29 is 36.8 Å². The summed E-state index contributed by atoms with van der Waals surface area (Å²) in [6, 6.07) is 4.95. The molecule has 10 nitrogen and oxygen atoms in total. The van der Waals surface area contributed by atoms with Crippen molar-refractivity contribution >= 4 is 23.8 Å². The van der Waals surface area contributed by atoms with Crippen LogP contribution in [0.25, 0.3) is 0 Å². The maximum atomic E-state index is 12.7. The Balaban J connectivity index is 0.00000612. The Labute approximate surface area is 214 Å². The first kappa shape index (κ1) is 29.7. The summed E-state index contributed by atoms with van der Waals surface area (Å²) in [6.45, 7) is 11.1. The van der Waals surface area contributed by atoms with Gasteiger partial charge in [-0.3, -0.25) is 30.2 Å². The SMILES string of the molecule is CC(C)(C)c1cc([N+](=O)[O-])cc(C=NCCN=Cc2cc([N+](=O)[O-])cc(C(C)(C)C)c2[O-])c1[O-].[Co+2]. The van der Waals surface area contributed by atoms with E-state index in [1.807, 2.05) is 0 Å². The Bertz CT molecular complexity index is 1070. The van der Waals surface area contributed by atoms with Gasteiger partial charge in [0, 0.05) is 36.7 Å². The van der Waals surface area contributed by atoms with E-state index < -0.39 is 20.7 Å². The van der Waals surface area contributed by atoms with Crippen molar-refractivity contribution in [3.8, 4) is 11.5 Å². The maximum absolute atomic E-state index is 12.7. The van der Waals surface area contributed by atoms with Crippen LogP contribution in [-0.2, 0) is 27.6 Å². The molecule has 0 N–H and O–H groups in total. The smallest absolute Gasteiger partial charge is 0.872 e. The van der Waals surface area contributed by atoms with E-state index in [4.69, 9.17) is 0 Å². The molecule has 35 heavy (non-hydrogen) atoms. The van der Waals surface area contributed by atoms with Crippen LogP contribution in [-0.4, -0.2) is 35.4 Å². The van der Waals surface area contributed by atoms with E-state index in [9.17, 15) is 30.4 Å². The summed E-state index contributed by atoms with van der Waals surface area (Å²) in [7, 11) is 0. The second kappa shape index (κ2) is 11.4. The van der Waals surface area contributed by atoms with Gasteiger partial charge in [0.2, 0.25) is 0 Å². The number of aliphatic imine (C=N–C) groups is 2. The van der Waals surface area contributed by atoms with Gasteiger partial charge in [-0.1, -0.05) is 53.0 Å². The number of hydrogen-bond donors (Lipinski definition) is 0. The van der Waals surface area contributed by atoms with E-state index in [1.54, 1.807) is 41.5 Å². The molecular formula is C24H28CoN4O6. The molecule has 0 aliphatic carbocycles. The monoisotopic (exact) mass is 527 g/mol. The first-order valence-corrected chi connectivity index (χ1v) is 10.6. The van der Waals surface area contributed by atoms with Crippen LogP contribution in [0, 0.1) is 20.2 Å². The second-order valence-corrected chi connectivity index (χ2v) is 9.91. The van der Waals surface area contributed by atoms with E-state index in [-0.39, 0.29) is 63.9 Å². The summed E-state index contributed by atoms with van der Waals surface area (Å²) < 4.78 is 0. The number of non-ortho nitro benzene ring substituents is 2. The molecule has 0 aliphatic rings. The molecule has 0 amide bonds. The van der Waals surface area contributed by atoms with Gasteiger partial charge in [-0.05, 0) is 33.1 Å². The summed E-state index contributed by atoms with van der Waals surface area (Å²) >= 11 is 0. The van der Waals surface area contributed by atoms with Gasteiger partial charge in [-0.15, -0.1) is 0 Å². The van der Waals surface area contributed by atoms with E-state index in [0.717, 1.165) is 0 Å². The van der Waals surface area contributed by atoms with Crippen LogP contribution < -0.4 is 10.2 Å². The number of rotatable bonds is 7. The van der Waals surface area contributed by atoms with Crippen molar-refractivity contribution in [1.29, 1.82) is 0 Å². The van der Waals surface area contributed by atoms with Crippen LogP contribution in [0.2, 0.25) is 0 Å². The normalized spacial score (nSPS) is 12.2. The fraction of sp³-hybridized carbons (Fsp3) is 0.417. The number of nitro groups is 2. The van der Waals surface area contributed by atoms with E-state index >= 15 is 0 Å². The van der Waals surface area contributed by atoms with Crippen molar-refractivity contribution in [3.05, 3.63) is 66.7 Å². The Hall–Kier alpha value is -3.31.